The number of rotatable bonds is 2. The largest absolute Gasteiger partial charge is 0.474 e. The zero-order valence-electron chi connectivity index (χ0n) is 8.12. The van der Waals surface area contributed by atoms with Crippen molar-refractivity contribution >= 4 is 5.97 Å². The lowest BCUT2D eigenvalue weighted by molar-refractivity contribution is 0.0651. The van der Waals surface area contributed by atoms with Gasteiger partial charge < -0.3 is 9.52 Å². The average molecular weight is 195 g/mol. The van der Waals surface area contributed by atoms with Crippen molar-refractivity contribution in [3.8, 4) is 0 Å². The second kappa shape index (κ2) is 3.44. The number of aromatic nitrogens is 1. The van der Waals surface area contributed by atoms with Crippen molar-refractivity contribution in [3.05, 3.63) is 17.3 Å². The van der Waals surface area contributed by atoms with Crippen LogP contribution in [-0.4, -0.2) is 16.1 Å². The summed E-state index contributed by atoms with van der Waals surface area (Å²) in [5, 5.41) is 8.71. The predicted octanol–water partition coefficient (Wildman–Crippen LogP) is 2.34. The minimum absolute atomic E-state index is 0.176. The summed E-state index contributed by atoms with van der Waals surface area (Å²) in [4.78, 5) is 14.5. The fourth-order valence-electron chi connectivity index (χ4n) is 2.07. The highest BCUT2D eigenvalue weighted by Gasteiger charge is 2.25. The zero-order valence-corrected chi connectivity index (χ0v) is 8.12. The van der Waals surface area contributed by atoms with Gasteiger partial charge in [-0.15, -0.1) is 0 Å². The lowest BCUT2D eigenvalue weighted by Gasteiger charge is -2.03. The molecule has 0 spiro atoms. The molecule has 0 amide bonds. The minimum Gasteiger partial charge on any atom is -0.474 e. The first-order valence-corrected chi connectivity index (χ1v) is 4.89. The van der Waals surface area contributed by atoms with Crippen LogP contribution < -0.4 is 0 Å². The number of nitrogens with zero attached hydrogens (tertiary/aromatic N) is 1. The second-order valence-electron chi connectivity index (χ2n) is 3.76. The maximum Gasteiger partial charge on any atom is 0.392 e. The zero-order chi connectivity index (χ0) is 10.1. The Morgan fingerprint density at radius 1 is 1.50 bits per heavy atom. The van der Waals surface area contributed by atoms with Crippen molar-refractivity contribution in [2.75, 3.05) is 0 Å². The summed E-state index contributed by atoms with van der Waals surface area (Å²) < 4.78 is 5.25. The van der Waals surface area contributed by atoms with Crippen molar-refractivity contribution < 1.29 is 14.3 Å². The molecule has 0 saturated heterocycles. The Hall–Kier alpha value is -1.32. The molecule has 1 N–H and O–H groups in total. The molecule has 0 bridgehead atoms. The van der Waals surface area contributed by atoms with Gasteiger partial charge in [0, 0.05) is 5.92 Å². The maximum absolute atomic E-state index is 10.6. The maximum atomic E-state index is 10.6. The van der Waals surface area contributed by atoms with Crippen LogP contribution in [0.3, 0.4) is 0 Å². The second-order valence-corrected chi connectivity index (χ2v) is 3.76. The quantitative estimate of drug-likeness (QED) is 0.786. The molecule has 4 heteroatoms. The van der Waals surface area contributed by atoms with Gasteiger partial charge in [-0.1, -0.05) is 12.8 Å². The van der Waals surface area contributed by atoms with Crippen molar-refractivity contribution in [1.82, 2.24) is 4.98 Å². The third-order valence-corrected chi connectivity index (χ3v) is 2.74. The first kappa shape index (κ1) is 9.24. The van der Waals surface area contributed by atoms with E-state index in [2.05, 4.69) is 4.98 Å². The third kappa shape index (κ3) is 1.52. The number of carboxylic acid groups (broad SMARTS) is 1. The number of aryl methyl sites for hydroxylation is 1. The third-order valence-electron chi connectivity index (χ3n) is 2.74. The summed E-state index contributed by atoms with van der Waals surface area (Å²) in [6, 6.07) is 0. The molecular formula is C10H13NO3. The molecule has 1 saturated carbocycles. The Morgan fingerprint density at radius 2 is 2.14 bits per heavy atom. The molecule has 0 radical (unpaired) electrons. The Kier molecular flexibility index (Phi) is 2.27. The summed E-state index contributed by atoms with van der Waals surface area (Å²) in [6.07, 6.45) is 4.59. The molecule has 14 heavy (non-hydrogen) atoms. The van der Waals surface area contributed by atoms with E-state index in [9.17, 15) is 4.79 Å². The molecule has 0 aromatic carbocycles. The Morgan fingerprint density at radius 3 is 2.64 bits per heavy atom. The van der Waals surface area contributed by atoms with Gasteiger partial charge in [0.2, 0.25) is 0 Å². The van der Waals surface area contributed by atoms with E-state index >= 15 is 0 Å². The molecule has 1 aliphatic carbocycles. The van der Waals surface area contributed by atoms with E-state index < -0.39 is 5.97 Å². The molecule has 1 fully saturated rings. The standard InChI is InChI=1S/C10H13NO3/c1-6-8(7-4-2-3-5-7)14-9(11-6)10(12)13/h7H,2-5H2,1H3,(H,12,13). The number of oxazole rings is 1. The van der Waals surface area contributed by atoms with E-state index in [0.717, 1.165) is 24.3 Å². The number of aromatic carboxylic acids is 1. The highest BCUT2D eigenvalue weighted by atomic mass is 16.4. The van der Waals surface area contributed by atoms with Crippen LogP contribution in [0, 0.1) is 6.92 Å². The summed E-state index contributed by atoms with van der Waals surface area (Å²) >= 11 is 0. The number of hydrogen-bond acceptors (Lipinski definition) is 3. The molecular weight excluding hydrogens is 182 g/mol. The van der Waals surface area contributed by atoms with E-state index in [0.29, 0.717) is 5.92 Å². The average Bonchev–Trinajstić information content (AvgIpc) is 2.71. The lowest BCUT2D eigenvalue weighted by atomic mass is 10.0. The first-order chi connectivity index (χ1) is 6.68. The normalized spacial score (nSPS) is 17.5. The van der Waals surface area contributed by atoms with Crippen LogP contribution >= 0.6 is 0 Å². The summed E-state index contributed by atoms with van der Waals surface area (Å²) in [6.45, 7) is 1.81. The first-order valence-electron chi connectivity index (χ1n) is 4.89. The molecule has 0 aliphatic heterocycles. The number of hydrogen-bond donors (Lipinski definition) is 1. The Bertz CT molecular complexity index is 350. The topological polar surface area (TPSA) is 63.3 Å². The van der Waals surface area contributed by atoms with E-state index in [1.165, 1.54) is 12.8 Å². The molecule has 1 heterocycles. The molecule has 1 aromatic rings. The van der Waals surface area contributed by atoms with Crippen LogP contribution in [0.1, 0.15) is 53.7 Å². The van der Waals surface area contributed by atoms with E-state index in [1.807, 2.05) is 6.92 Å². The van der Waals surface area contributed by atoms with Gasteiger partial charge in [0.1, 0.15) is 5.76 Å². The smallest absolute Gasteiger partial charge is 0.392 e. The summed E-state index contributed by atoms with van der Waals surface area (Å²) in [5.41, 5.74) is 0.731. The highest BCUT2D eigenvalue weighted by molar-refractivity contribution is 5.82. The van der Waals surface area contributed by atoms with E-state index in [4.69, 9.17) is 9.52 Å². The van der Waals surface area contributed by atoms with Crippen LogP contribution in [0.5, 0.6) is 0 Å². The Labute approximate surface area is 81.9 Å². The molecule has 0 unspecified atom stereocenters. The van der Waals surface area contributed by atoms with Crippen LogP contribution in [0.2, 0.25) is 0 Å². The van der Waals surface area contributed by atoms with Crippen LogP contribution in [0.15, 0.2) is 4.42 Å². The fraction of sp³-hybridized carbons (Fsp3) is 0.600. The number of carboxylic acids is 1. The fourth-order valence-corrected chi connectivity index (χ4v) is 2.07. The van der Waals surface area contributed by atoms with Crippen LogP contribution in [-0.2, 0) is 0 Å². The van der Waals surface area contributed by atoms with E-state index in [-0.39, 0.29) is 5.89 Å². The van der Waals surface area contributed by atoms with Gasteiger partial charge in [0.15, 0.2) is 0 Å². The monoisotopic (exact) mass is 195 g/mol. The van der Waals surface area contributed by atoms with Crippen molar-refractivity contribution in [1.29, 1.82) is 0 Å². The van der Waals surface area contributed by atoms with Crippen LogP contribution in [0.25, 0.3) is 0 Å². The van der Waals surface area contributed by atoms with Crippen LogP contribution in [0.4, 0.5) is 0 Å². The SMILES string of the molecule is Cc1nc(C(=O)O)oc1C1CCCC1. The van der Waals surface area contributed by atoms with Gasteiger partial charge in [0.05, 0.1) is 5.69 Å². The van der Waals surface area contributed by atoms with Gasteiger partial charge in [0.25, 0.3) is 0 Å². The van der Waals surface area contributed by atoms with Gasteiger partial charge in [-0.3, -0.25) is 0 Å². The van der Waals surface area contributed by atoms with Gasteiger partial charge in [-0.2, -0.15) is 0 Å². The number of carbonyl (C=O) groups is 1. The molecule has 4 nitrogen and oxygen atoms in total. The van der Waals surface area contributed by atoms with Crippen molar-refractivity contribution in [3.63, 3.8) is 0 Å². The van der Waals surface area contributed by atoms with Gasteiger partial charge in [-0.05, 0) is 19.8 Å². The lowest BCUT2D eigenvalue weighted by Crippen LogP contribution is -1.95. The molecule has 0 atom stereocenters. The van der Waals surface area contributed by atoms with Gasteiger partial charge in [-0.25, -0.2) is 9.78 Å². The molecule has 76 valence electrons. The van der Waals surface area contributed by atoms with E-state index in [1.54, 1.807) is 0 Å². The molecule has 1 aromatic heterocycles. The van der Waals surface area contributed by atoms with Crippen molar-refractivity contribution in [2.45, 2.75) is 38.5 Å². The molecule has 2 rings (SSSR count). The van der Waals surface area contributed by atoms with Gasteiger partial charge >= 0.3 is 11.9 Å². The summed E-state index contributed by atoms with van der Waals surface area (Å²) in [7, 11) is 0. The molecule has 1 aliphatic rings. The summed E-state index contributed by atoms with van der Waals surface area (Å²) in [5.74, 6) is -0.0998. The highest BCUT2D eigenvalue weighted by Crippen LogP contribution is 2.35. The Balaban J connectivity index is 2.28. The van der Waals surface area contributed by atoms with Crippen molar-refractivity contribution in [2.24, 2.45) is 0 Å². The predicted molar refractivity (Wildman–Crippen MR) is 49.4 cm³/mol. The minimum atomic E-state index is -1.09.